The van der Waals surface area contributed by atoms with Crippen LogP contribution in [-0.2, 0) is 29.5 Å². The molecule has 0 aliphatic heterocycles. The van der Waals surface area contributed by atoms with Crippen molar-refractivity contribution in [3.05, 3.63) is 53.3 Å². The Balaban J connectivity index is 2.23. The maximum Gasteiger partial charge on any atom is 0.244 e. The molecule has 1 heterocycles. The van der Waals surface area contributed by atoms with Crippen molar-refractivity contribution in [1.82, 2.24) is 8.87 Å². The second-order valence-corrected chi connectivity index (χ2v) is 7.47. The van der Waals surface area contributed by atoms with Gasteiger partial charge in [-0.05, 0) is 18.6 Å². The molecule has 0 aliphatic rings. The van der Waals surface area contributed by atoms with Crippen molar-refractivity contribution < 1.29 is 8.42 Å². The minimum atomic E-state index is -3.51. The molecule has 4 nitrogen and oxygen atoms in total. The molecule has 0 bridgehead atoms. The van der Waals surface area contributed by atoms with Crippen molar-refractivity contribution in [2.75, 3.05) is 7.05 Å². The first kappa shape index (κ1) is 16.1. The molecule has 1 aromatic carbocycles. The van der Waals surface area contributed by atoms with Crippen LogP contribution in [0.5, 0.6) is 0 Å². The number of nitrogens with zero attached hydrogens (tertiary/aromatic N) is 2. The minimum absolute atomic E-state index is 0.273. The number of hydrogen-bond donors (Lipinski definition) is 0. The van der Waals surface area contributed by atoms with Crippen molar-refractivity contribution in [1.29, 1.82) is 0 Å². The maximum absolute atomic E-state index is 12.6. The second-order valence-electron chi connectivity index (χ2n) is 5.16. The molecule has 0 amide bonds. The van der Waals surface area contributed by atoms with E-state index in [4.69, 9.17) is 11.6 Å². The molecule has 0 fully saturated rings. The topological polar surface area (TPSA) is 42.3 Å². The average molecular weight is 327 g/mol. The molecule has 2 rings (SSSR count). The monoisotopic (exact) mass is 326 g/mol. The summed E-state index contributed by atoms with van der Waals surface area (Å²) < 4.78 is 28.2. The third-order valence-electron chi connectivity index (χ3n) is 3.45. The van der Waals surface area contributed by atoms with Gasteiger partial charge in [-0.3, -0.25) is 0 Å². The van der Waals surface area contributed by atoms with E-state index < -0.39 is 10.0 Å². The van der Waals surface area contributed by atoms with Crippen LogP contribution in [0.2, 0.25) is 0 Å². The molecular weight excluding hydrogens is 308 g/mol. The molecule has 0 atom stereocenters. The van der Waals surface area contributed by atoms with Gasteiger partial charge in [0.25, 0.3) is 0 Å². The van der Waals surface area contributed by atoms with Gasteiger partial charge in [0.1, 0.15) is 4.90 Å². The van der Waals surface area contributed by atoms with E-state index in [1.165, 1.54) is 4.31 Å². The lowest BCUT2D eigenvalue weighted by molar-refractivity contribution is 0.466. The Hall–Kier alpha value is -1.30. The Morgan fingerprint density at radius 2 is 1.86 bits per heavy atom. The molecule has 21 heavy (non-hydrogen) atoms. The van der Waals surface area contributed by atoms with Gasteiger partial charge in [0.05, 0.1) is 5.88 Å². The molecule has 2 aromatic rings. The molecule has 1 aromatic heterocycles. The van der Waals surface area contributed by atoms with Gasteiger partial charge >= 0.3 is 0 Å². The van der Waals surface area contributed by atoms with Gasteiger partial charge in [-0.2, -0.15) is 4.31 Å². The van der Waals surface area contributed by atoms with E-state index in [1.807, 2.05) is 31.2 Å². The fraction of sp³-hybridized carbons (Fsp3) is 0.333. The first-order valence-corrected chi connectivity index (χ1v) is 8.55. The lowest BCUT2D eigenvalue weighted by Crippen LogP contribution is -2.26. The van der Waals surface area contributed by atoms with Crippen LogP contribution in [0.15, 0.2) is 41.4 Å². The molecule has 0 saturated carbocycles. The fourth-order valence-electron chi connectivity index (χ4n) is 2.07. The van der Waals surface area contributed by atoms with Crippen molar-refractivity contribution in [3.8, 4) is 0 Å². The van der Waals surface area contributed by atoms with E-state index in [0.29, 0.717) is 6.54 Å². The normalized spacial score (nSPS) is 12.0. The first-order valence-electron chi connectivity index (χ1n) is 6.57. The highest BCUT2D eigenvalue weighted by atomic mass is 35.5. The molecule has 0 spiro atoms. The van der Waals surface area contributed by atoms with Gasteiger partial charge in [-0.15, -0.1) is 11.6 Å². The summed E-state index contributed by atoms with van der Waals surface area (Å²) in [5.74, 6) is 0.285. The largest absolute Gasteiger partial charge is 0.352 e. The summed E-state index contributed by atoms with van der Waals surface area (Å²) in [6, 6.07) is 9.45. The molecule has 114 valence electrons. The Labute approximate surface area is 131 Å². The second kappa shape index (κ2) is 6.22. The number of hydrogen-bond acceptors (Lipinski definition) is 2. The summed E-state index contributed by atoms with van der Waals surface area (Å²) in [6.07, 6.45) is 1.60. The van der Waals surface area contributed by atoms with Crippen LogP contribution in [0.3, 0.4) is 0 Å². The third kappa shape index (κ3) is 3.48. The van der Waals surface area contributed by atoms with Crippen LogP contribution in [0.1, 0.15) is 16.8 Å². The lowest BCUT2D eigenvalue weighted by atomic mass is 10.1. The zero-order valence-corrected chi connectivity index (χ0v) is 13.9. The highest BCUT2D eigenvalue weighted by Gasteiger charge is 2.23. The quantitative estimate of drug-likeness (QED) is 0.793. The van der Waals surface area contributed by atoms with Crippen LogP contribution in [-0.4, -0.2) is 24.3 Å². The van der Waals surface area contributed by atoms with Gasteiger partial charge in [-0.25, -0.2) is 8.42 Å². The third-order valence-corrected chi connectivity index (χ3v) is 5.50. The van der Waals surface area contributed by atoms with Crippen LogP contribution in [0.4, 0.5) is 0 Å². The summed E-state index contributed by atoms with van der Waals surface area (Å²) in [5, 5.41) is 0. The van der Waals surface area contributed by atoms with Crippen molar-refractivity contribution in [3.63, 3.8) is 0 Å². The maximum atomic E-state index is 12.6. The smallest absolute Gasteiger partial charge is 0.244 e. The fourth-order valence-corrected chi connectivity index (χ4v) is 3.59. The lowest BCUT2D eigenvalue weighted by Gasteiger charge is -2.16. The zero-order valence-electron chi connectivity index (χ0n) is 12.4. The number of benzene rings is 1. The Morgan fingerprint density at radius 1 is 1.24 bits per heavy atom. The number of alkyl halides is 1. The number of rotatable bonds is 5. The van der Waals surface area contributed by atoms with Crippen LogP contribution in [0, 0.1) is 6.92 Å². The highest BCUT2D eigenvalue weighted by Crippen LogP contribution is 2.20. The van der Waals surface area contributed by atoms with Gasteiger partial charge in [0.2, 0.25) is 10.0 Å². The van der Waals surface area contributed by atoms with Crippen molar-refractivity contribution >= 4 is 21.6 Å². The summed E-state index contributed by atoms with van der Waals surface area (Å²) >= 11 is 5.79. The van der Waals surface area contributed by atoms with E-state index in [2.05, 4.69) is 0 Å². The Kier molecular flexibility index (Phi) is 4.76. The van der Waals surface area contributed by atoms with E-state index in [9.17, 15) is 8.42 Å². The zero-order chi connectivity index (χ0) is 15.6. The molecule has 0 radical (unpaired) electrons. The standard InChI is InChI=1S/C15H19ClN2O2S/c1-12-4-6-13(7-5-12)10-18(3)21(19,20)15-8-14(9-16)17(2)11-15/h4-8,11H,9-10H2,1-3H3. The Bertz CT molecular complexity index is 721. The average Bonchev–Trinajstić information content (AvgIpc) is 2.83. The van der Waals surface area contributed by atoms with Crippen LogP contribution < -0.4 is 0 Å². The number of aryl methyl sites for hydroxylation is 2. The SMILES string of the molecule is Cc1ccc(CN(C)S(=O)(=O)c2cc(CCl)n(C)c2)cc1. The highest BCUT2D eigenvalue weighted by molar-refractivity contribution is 7.89. The van der Waals surface area contributed by atoms with E-state index >= 15 is 0 Å². The molecule has 0 unspecified atom stereocenters. The number of sulfonamides is 1. The van der Waals surface area contributed by atoms with E-state index in [-0.39, 0.29) is 10.8 Å². The van der Waals surface area contributed by atoms with Crippen LogP contribution >= 0.6 is 11.6 Å². The molecule has 0 N–H and O–H groups in total. The van der Waals surface area contributed by atoms with Gasteiger partial charge in [0, 0.05) is 32.5 Å². The molecule has 0 aliphatic carbocycles. The summed E-state index contributed by atoms with van der Waals surface area (Å²) in [6.45, 7) is 2.34. The molecular formula is C15H19ClN2O2S. The number of halogens is 1. The van der Waals surface area contributed by atoms with Gasteiger partial charge in [0.15, 0.2) is 0 Å². The van der Waals surface area contributed by atoms with Gasteiger partial charge < -0.3 is 4.57 Å². The Morgan fingerprint density at radius 3 is 2.38 bits per heavy atom. The van der Waals surface area contributed by atoms with Gasteiger partial charge in [-0.1, -0.05) is 29.8 Å². The minimum Gasteiger partial charge on any atom is -0.352 e. The first-order chi connectivity index (χ1) is 9.84. The molecule has 0 saturated heterocycles. The van der Waals surface area contributed by atoms with E-state index in [1.54, 1.807) is 30.9 Å². The predicted octanol–water partition coefficient (Wildman–Crippen LogP) is 2.89. The predicted molar refractivity (Wildman–Crippen MR) is 84.8 cm³/mol. The van der Waals surface area contributed by atoms with E-state index in [0.717, 1.165) is 16.8 Å². The number of aromatic nitrogens is 1. The summed E-state index contributed by atoms with van der Waals surface area (Å²) in [4.78, 5) is 0.273. The van der Waals surface area contributed by atoms with Crippen LogP contribution in [0.25, 0.3) is 0 Å². The summed E-state index contributed by atoms with van der Waals surface area (Å²) in [5.41, 5.74) is 2.89. The molecule has 6 heteroatoms. The summed E-state index contributed by atoms with van der Waals surface area (Å²) in [7, 11) is -0.131. The van der Waals surface area contributed by atoms with Crippen molar-refractivity contribution in [2.45, 2.75) is 24.2 Å². The van der Waals surface area contributed by atoms with Crippen molar-refractivity contribution in [2.24, 2.45) is 7.05 Å².